The second kappa shape index (κ2) is 11.4. The second-order valence-corrected chi connectivity index (χ2v) is 7.68. The summed E-state index contributed by atoms with van der Waals surface area (Å²) in [5, 5.41) is 3.39. The minimum absolute atomic E-state index is 0. The standard InChI is InChI=1S/C20H32N6O.HI/c21-18(27)15-9-12-26(13-10-15)19-16(6-5-11-23-19)14-24-20(22)25-17-7-3-1-2-4-8-17;/h5-6,11,15,17H,1-4,7-10,12-14H2,(H2,21,27)(H3,22,24,25);1H. The Morgan fingerprint density at radius 3 is 2.46 bits per heavy atom. The van der Waals surface area contributed by atoms with Crippen molar-refractivity contribution in [2.24, 2.45) is 22.4 Å². The normalized spacial score (nSPS) is 19.6. The van der Waals surface area contributed by atoms with Gasteiger partial charge in [0.25, 0.3) is 0 Å². The summed E-state index contributed by atoms with van der Waals surface area (Å²) in [6.07, 6.45) is 10.9. The van der Waals surface area contributed by atoms with E-state index in [2.05, 4.69) is 20.2 Å². The molecule has 0 radical (unpaired) electrons. The molecule has 7 nitrogen and oxygen atoms in total. The van der Waals surface area contributed by atoms with E-state index < -0.39 is 0 Å². The van der Waals surface area contributed by atoms with E-state index in [4.69, 9.17) is 11.5 Å². The molecule has 5 N–H and O–H groups in total. The van der Waals surface area contributed by atoms with Crippen LogP contribution in [0, 0.1) is 5.92 Å². The van der Waals surface area contributed by atoms with Crippen LogP contribution in [0.25, 0.3) is 0 Å². The van der Waals surface area contributed by atoms with Crippen LogP contribution in [0.5, 0.6) is 0 Å². The number of piperidine rings is 1. The highest BCUT2D eigenvalue weighted by Gasteiger charge is 2.24. The summed E-state index contributed by atoms with van der Waals surface area (Å²) >= 11 is 0. The molecular formula is C20H33IN6O. The van der Waals surface area contributed by atoms with Crippen LogP contribution in [-0.4, -0.2) is 36.0 Å². The smallest absolute Gasteiger partial charge is 0.220 e. The lowest BCUT2D eigenvalue weighted by atomic mass is 9.96. The molecule has 0 unspecified atom stereocenters. The predicted octanol–water partition coefficient (Wildman–Crippen LogP) is 2.53. The van der Waals surface area contributed by atoms with Gasteiger partial charge in [0, 0.05) is 36.8 Å². The summed E-state index contributed by atoms with van der Waals surface area (Å²) in [5.41, 5.74) is 12.6. The van der Waals surface area contributed by atoms with E-state index in [0.717, 1.165) is 37.3 Å². The van der Waals surface area contributed by atoms with Crippen LogP contribution in [0.1, 0.15) is 56.9 Å². The van der Waals surface area contributed by atoms with E-state index in [1.165, 1.54) is 38.5 Å². The number of guanidine groups is 1. The lowest BCUT2D eigenvalue weighted by Gasteiger charge is -2.32. The Hall–Kier alpha value is -1.58. The maximum Gasteiger partial charge on any atom is 0.220 e. The summed E-state index contributed by atoms with van der Waals surface area (Å²) in [5.74, 6) is 1.24. The molecule has 1 amide bonds. The fourth-order valence-corrected chi connectivity index (χ4v) is 4.06. The SMILES string of the molecule is I.NC(=O)C1CCN(c2ncccc2CN=C(N)NC2CCCCCC2)CC1. The van der Waals surface area contributed by atoms with Crippen molar-refractivity contribution in [3.05, 3.63) is 23.9 Å². The number of amides is 1. The van der Waals surface area contributed by atoms with Crippen LogP contribution in [0.15, 0.2) is 23.3 Å². The number of hydrogen-bond donors (Lipinski definition) is 3. The van der Waals surface area contributed by atoms with Gasteiger partial charge in [-0.15, -0.1) is 24.0 Å². The van der Waals surface area contributed by atoms with Crippen LogP contribution < -0.4 is 21.7 Å². The fourth-order valence-electron chi connectivity index (χ4n) is 4.06. The molecule has 1 aliphatic carbocycles. The van der Waals surface area contributed by atoms with Gasteiger partial charge in [-0.3, -0.25) is 4.79 Å². The lowest BCUT2D eigenvalue weighted by molar-refractivity contribution is -0.122. The number of nitrogens with two attached hydrogens (primary N) is 2. The van der Waals surface area contributed by atoms with E-state index in [0.29, 0.717) is 18.5 Å². The molecule has 1 aliphatic heterocycles. The molecule has 0 atom stereocenters. The third kappa shape index (κ3) is 6.49. The molecule has 1 aromatic rings. The lowest BCUT2D eigenvalue weighted by Crippen LogP contribution is -2.40. The van der Waals surface area contributed by atoms with Gasteiger partial charge < -0.3 is 21.7 Å². The second-order valence-electron chi connectivity index (χ2n) is 7.68. The Bertz CT molecular complexity index is 652. The number of pyridine rings is 1. The summed E-state index contributed by atoms with van der Waals surface area (Å²) in [7, 11) is 0. The molecule has 1 saturated heterocycles. The zero-order chi connectivity index (χ0) is 19.1. The van der Waals surface area contributed by atoms with Gasteiger partial charge in [-0.2, -0.15) is 0 Å². The van der Waals surface area contributed by atoms with E-state index in [1.807, 2.05) is 12.1 Å². The summed E-state index contributed by atoms with van der Waals surface area (Å²) in [6, 6.07) is 4.42. The third-order valence-electron chi connectivity index (χ3n) is 5.69. The topological polar surface area (TPSA) is 110 Å². The monoisotopic (exact) mass is 500 g/mol. The van der Waals surface area contributed by atoms with Crippen molar-refractivity contribution in [3.63, 3.8) is 0 Å². The summed E-state index contributed by atoms with van der Waals surface area (Å²) in [6.45, 7) is 2.08. The molecule has 0 aromatic carbocycles. The molecule has 28 heavy (non-hydrogen) atoms. The number of rotatable bonds is 5. The highest BCUT2D eigenvalue weighted by Crippen LogP contribution is 2.25. The van der Waals surface area contributed by atoms with Crippen molar-refractivity contribution in [3.8, 4) is 0 Å². The first-order valence-electron chi connectivity index (χ1n) is 10.2. The molecule has 2 aliphatic rings. The molecular weight excluding hydrogens is 467 g/mol. The zero-order valence-electron chi connectivity index (χ0n) is 16.5. The molecule has 3 rings (SSSR count). The van der Waals surface area contributed by atoms with Crippen LogP contribution >= 0.6 is 24.0 Å². The van der Waals surface area contributed by atoms with E-state index in [1.54, 1.807) is 6.20 Å². The van der Waals surface area contributed by atoms with E-state index >= 15 is 0 Å². The average molecular weight is 500 g/mol. The first-order chi connectivity index (χ1) is 13.1. The predicted molar refractivity (Wildman–Crippen MR) is 124 cm³/mol. The average Bonchev–Trinajstić information content (AvgIpc) is 2.95. The summed E-state index contributed by atoms with van der Waals surface area (Å²) in [4.78, 5) is 22.7. The number of aliphatic imine (C=N–C) groups is 1. The van der Waals surface area contributed by atoms with Gasteiger partial charge in [-0.25, -0.2) is 9.98 Å². The van der Waals surface area contributed by atoms with E-state index in [-0.39, 0.29) is 35.8 Å². The van der Waals surface area contributed by atoms with Crippen LogP contribution in [-0.2, 0) is 11.3 Å². The number of halogens is 1. The molecule has 1 aromatic heterocycles. The maximum atomic E-state index is 11.4. The van der Waals surface area contributed by atoms with Crippen molar-refractivity contribution in [2.75, 3.05) is 18.0 Å². The molecule has 0 bridgehead atoms. The molecule has 8 heteroatoms. The van der Waals surface area contributed by atoms with Gasteiger partial charge >= 0.3 is 0 Å². The van der Waals surface area contributed by atoms with Crippen molar-refractivity contribution >= 4 is 41.7 Å². The first-order valence-corrected chi connectivity index (χ1v) is 10.2. The number of carbonyl (C=O) groups excluding carboxylic acids is 1. The van der Waals surface area contributed by atoms with Gasteiger partial charge in [-0.05, 0) is 31.7 Å². The summed E-state index contributed by atoms with van der Waals surface area (Å²) < 4.78 is 0. The number of primary amides is 1. The Morgan fingerprint density at radius 2 is 1.82 bits per heavy atom. The van der Waals surface area contributed by atoms with Crippen molar-refractivity contribution < 1.29 is 4.79 Å². The largest absolute Gasteiger partial charge is 0.370 e. The van der Waals surface area contributed by atoms with E-state index in [9.17, 15) is 4.79 Å². The molecule has 0 spiro atoms. The maximum absolute atomic E-state index is 11.4. The van der Waals surface area contributed by atoms with Gasteiger partial charge in [0.05, 0.1) is 6.54 Å². The molecule has 2 heterocycles. The van der Waals surface area contributed by atoms with Crippen molar-refractivity contribution in [1.82, 2.24) is 10.3 Å². The quantitative estimate of drug-likeness (QED) is 0.249. The molecule has 2 fully saturated rings. The van der Waals surface area contributed by atoms with Crippen LogP contribution in [0.4, 0.5) is 5.82 Å². The van der Waals surface area contributed by atoms with Gasteiger partial charge in [0.2, 0.25) is 5.91 Å². The number of anilines is 1. The number of hydrogen-bond acceptors (Lipinski definition) is 4. The van der Waals surface area contributed by atoms with Crippen LogP contribution in [0.2, 0.25) is 0 Å². The highest BCUT2D eigenvalue weighted by atomic mass is 127. The van der Waals surface area contributed by atoms with Gasteiger partial charge in [0.1, 0.15) is 5.82 Å². The van der Waals surface area contributed by atoms with Gasteiger partial charge in [-0.1, -0.05) is 31.7 Å². The fraction of sp³-hybridized carbons (Fsp3) is 0.650. The van der Waals surface area contributed by atoms with Gasteiger partial charge in [0.15, 0.2) is 5.96 Å². The number of nitrogens with zero attached hydrogens (tertiary/aromatic N) is 3. The first kappa shape index (κ1) is 22.7. The Kier molecular flexibility index (Phi) is 9.27. The number of nitrogens with one attached hydrogen (secondary N) is 1. The van der Waals surface area contributed by atoms with Crippen molar-refractivity contribution in [1.29, 1.82) is 0 Å². The Balaban J connectivity index is 0.00000280. The molecule has 1 saturated carbocycles. The zero-order valence-corrected chi connectivity index (χ0v) is 18.8. The highest BCUT2D eigenvalue weighted by molar-refractivity contribution is 14.0. The minimum atomic E-state index is -0.196. The number of carbonyl (C=O) groups is 1. The Morgan fingerprint density at radius 1 is 1.14 bits per heavy atom. The molecule has 156 valence electrons. The minimum Gasteiger partial charge on any atom is -0.370 e. The van der Waals surface area contributed by atoms with Crippen LogP contribution in [0.3, 0.4) is 0 Å². The number of aromatic nitrogens is 1. The Labute approximate surface area is 184 Å². The third-order valence-corrected chi connectivity index (χ3v) is 5.69. The van der Waals surface area contributed by atoms with Crippen molar-refractivity contribution in [2.45, 2.75) is 64.0 Å².